The first-order chi connectivity index (χ1) is 18.0. The van der Waals surface area contributed by atoms with Crippen LogP contribution in [0.25, 0.3) is 11.3 Å². The summed E-state index contributed by atoms with van der Waals surface area (Å²) in [5.41, 5.74) is 3.30. The number of ether oxygens (including phenoxy) is 3. The summed E-state index contributed by atoms with van der Waals surface area (Å²) in [7, 11) is 3.74. The van der Waals surface area contributed by atoms with Gasteiger partial charge in [-0.2, -0.15) is 0 Å². The Kier molecular flexibility index (Phi) is 9.35. The molecule has 200 valence electrons. The first-order valence-corrected chi connectivity index (χ1v) is 13.1. The second kappa shape index (κ2) is 12.9. The Balaban J connectivity index is 1.36. The molecule has 0 N–H and O–H groups in total. The number of likely N-dealkylation sites (tertiary alicyclic amines) is 1. The fourth-order valence-corrected chi connectivity index (χ4v) is 4.74. The number of carbonyl (C=O) groups is 2. The Morgan fingerprint density at radius 3 is 2.41 bits per heavy atom. The van der Waals surface area contributed by atoms with Crippen LogP contribution in [-0.4, -0.2) is 98.3 Å². The van der Waals surface area contributed by atoms with Crippen molar-refractivity contribution in [3.63, 3.8) is 0 Å². The van der Waals surface area contributed by atoms with Crippen molar-refractivity contribution in [2.24, 2.45) is 5.92 Å². The van der Waals surface area contributed by atoms with Crippen LogP contribution in [0.1, 0.15) is 35.7 Å². The molecule has 2 amide bonds. The average Bonchev–Trinajstić information content (AvgIpc) is 2.93. The van der Waals surface area contributed by atoms with Gasteiger partial charge in [0.1, 0.15) is 5.75 Å². The zero-order chi connectivity index (χ0) is 26.2. The van der Waals surface area contributed by atoms with Gasteiger partial charge in [0.25, 0.3) is 5.91 Å². The van der Waals surface area contributed by atoms with Crippen molar-refractivity contribution in [3.8, 4) is 17.0 Å². The maximum absolute atomic E-state index is 12.8. The lowest BCUT2D eigenvalue weighted by Crippen LogP contribution is -2.47. The van der Waals surface area contributed by atoms with Crippen LogP contribution in [0.3, 0.4) is 0 Å². The summed E-state index contributed by atoms with van der Waals surface area (Å²) < 4.78 is 16.7. The molecule has 0 spiro atoms. The van der Waals surface area contributed by atoms with Crippen LogP contribution < -0.4 is 4.74 Å². The molecule has 4 rings (SSSR count). The van der Waals surface area contributed by atoms with E-state index in [9.17, 15) is 9.59 Å². The Labute approximate surface area is 219 Å². The van der Waals surface area contributed by atoms with Gasteiger partial charge in [0, 0.05) is 63.7 Å². The number of hydrogen-bond acceptors (Lipinski definition) is 7. The van der Waals surface area contributed by atoms with Crippen LogP contribution in [0.4, 0.5) is 4.79 Å². The average molecular weight is 511 g/mol. The second-order valence-electron chi connectivity index (χ2n) is 9.72. The van der Waals surface area contributed by atoms with Crippen molar-refractivity contribution in [1.29, 1.82) is 0 Å². The third kappa shape index (κ3) is 6.99. The molecule has 9 heteroatoms. The highest BCUT2D eigenvalue weighted by atomic mass is 16.6. The predicted molar refractivity (Wildman–Crippen MR) is 141 cm³/mol. The van der Waals surface area contributed by atoms with E-state index >= 15 is 0 Å². The lowest BCUT2D eigenvalue weighted by molar-refractivity contribution is 0.0663. The van der Waals surface area contributed by atoms with Gasteiger partial charge in [-0.25, -0.2) is 4.79 Å². The van der Waals surface area contributed by atoms with Crippen molar-refractivity contribution in [1.82, 2.24) is 19.7 Å². The predicted octanol–water partition coefficient (Wildman–Crippen LogP) is 3.53. The fraction of sp³-hybridized carbons (Fsp3) is 0.536. The minimum atomic E-state index is -0.231. The molecule has 0 unspecified atom stereocenters. The number of hydrogen-bond donors (Lipinski definition) is 0. The molecule has 2 aliphatic rings. The summed E-state index contributed by atoms with van der Waals surface area (Å²) in [5.74, 6) is 1.21. The van der Waals surface area contributed by atoms with Crippen molar-refractivity contribution < 1.29 is 23.8 Å². The molecule has 2 saturated heterocycles. The van der Waals surface area contributed by atoms with E-state index in [1.54, 1.807) is 18.2 Å². The van der Waals surface area contributed by atoms with Gasteiger partial charge in [-0.05, 0) is 63.1 Å². The number of methoxy groups -OCH3 is 1. The first kappa shape index (κ1) is 26.9. The molecule has 0 radical (unpaired) electrons. The molecule has 2 aliphatic heterocycles. The minimum absolute atomic E-state index is 0.0315. The van der Waals surface area contributed by atoms with Crippen LogP contribution in [0, 0.1) is 5.92 Å². The molecule has 37 heavy (non-hydrogen) atoms. The lowest BCUT2D eigenvalue weighted by atomic mass is 9.98. The topological polar surface area (TPSA) is 84.4 Å². The Morgan fingerprint density at radius 2 is 1.76 bits per heavy atom. The van der Waals surface area contributed by atoms with Gasteiger partial charge in [-0.1, -0.05) is 0 Å². The van der Waals surface area contributed by atoms with Crippen LogP contribution >= 0.6 is 0 Å². The van der Waals surface area contributed by atoms with E-state index in [4.69, 9.17) is 14.2 Å². The SMILES string of the molecule is CCOC(=O)N1CCC(COc2ccc(-c3ccc(C(=O)N4CCN(C)CC4)cn3)cc2COC)CC1. The molecule has 0 atom stereocenters. The van der Waals surface area contributed by atoms with Gasteiger partial charge in [-0.3, -0.25) is 9.78 Å². The minimum Gasteiger partial charge on any atom is -0.493 e. The van der Waals surface area contributed by atoms with Gasteiger partial charge in [-0.15, -0.1) is 0 Å². The van der Waals surface area contributed by atoms with E-state index in [0.29, 0.717) is 44.4 Å². The summed E-state index contributed by atoms with van der Waals surface area (Å²) in [6.07, 6.45) is 3.21. The van der Waals surface area contributed by atoms with E-state index in [1.165, 1.54) is 0 Å². The third-order valence-electron chi connectivity index (χ3n) is 7.07. The smallest absolute Gasteiger partial charge is 0.409 e. The molecule has 0 aliphatic carbocycles. The number of likely N-dealkylation sites (N-methyl/N-ethyl adjacent to an activating group) is 1. The largest absolute Gasteiger partial charge is 0.493 e. The number of pyridine rings is 1. The molecule has 0 saturated carbocycles. The van der Waals surface area contributed by atoms with E-state index in [2.05, 4.69) is 16.9 Å². The summed E-state index contributed by atoms with van der Waals surface area (Å²) in [4.78, 5) is 35.2. The van der Waals surface area contributed by atoms with Gasteiger partial charge >= 0.3 is 6.09 Å². The fourth-order valence-electron chi connectivity index (χ4n) is 4.74. The number of amides is 2. The zero-order valence-electron chi connectivity index (χ0n) is 22.1. The van der Waals surface area contributed by atoms with Crippen LogP contribution in [0.5, 0.6) is 5.75 Å². The molecule has 1 aromatic carbocycles. The highest BCUT2D eigenvalue weighted by Gasteiger charge is 2.24. The third-order valence-corrected chi connectivity index (χ3v) is 7.07. The van der Waals surface area contributed by atoms with Crippen LogP contribution in [-0.2, 0) is 16.1 Å². The number of aromatic nitrogens is 1. The molecular weight excluding hydrogens is 472 g/mol. The number of piperidine rings is 1. The van der Waals surface area contributed by atoms with Crippen molar-refractivity contribution in [3.05, 3.63) is 47.7 Å². The summed E-state index contributed by atoms with van der Waals surface area (Å²) in [6.45, 7) is 7.87. The number of piperazine rings is 1. The quantitative estimate of drug-likeness (QED) is 0.537. The van der Waals surface area contributed by atoms with Crippen LogP contribution in [0.2, 0.25) is 0 Å². The molecular formula is C28H38N4O5. The van der Waals surface area contributed by atoms with E-state index in [1.807, 2.05) is 42.2 Å². The molecule has 0 bridgehead atoms. The summed E-state index contributed by atoms with van der Waals surface area (Å²) >= 11 is 0. The Bertz CT molecular complexity index is 1050. The first-order valence-electron chi connectivity index (χ1n) is 13.1. The normalized spacial score (nSPS) is 17.1. The number of carbonyl (C=O) groups excluding carboxylic acids is 2. The highest BCUT2D eigenvalue weighted by molar-refractivity contribution is 5.94. The highest BCUT2D eigenvalue weighted by Crippen LogP contribution is 2.28. The standard InChI is InChI=1S/C28H38N4O5/c1-4-36-28(34)32-11-9-21(10-12-32)19-37-26-8-6-22(17-24(26)20-35-3)25-7-5-23(18-29-25)27(33)31-15-13-30(2)14-16-31/h5-8,17-18,21H,4,9-16,19-20H2,1-3H3. The van der Waals surface area contributed by atoms with E-state index in [-0.39, 0.29) is 12.0 Å². The lowest BCUT2D eigenvalue weighted by Gasteiger charge is -2.32. The molecule has 2 fully saturated rings. The van der Waals surface area contributed by atoms with Crippen molar-refractivity contribution in [2.75, 3.05) is 66.6 Å². The van der Waals surface area contributed by atoms with Gasteiger partial charge in [0.15, 0.2) is 0 Å². The zero-order valence-corrected chi connectivity index (χ0v) is 22.1. The monoisotopic (exact) mass is 510 g/mol. The maximum Gasteiger partial charge on any atom is 0.409 e. The molecule has 1 aromatic heterocycles. The Hall–Kier alpha value is -3.17. The maximum atomic E-state index is 12.8. The summed E-state index contributed by atoms with van der Waals surface area (Å²) in [5, 5.41) is 0. The van der Waals surface area contributed by atoms with Crippen molar-refractivity contribution >= 4 is 12.0 Å². The molecule has 3 heterocycles. The van der Waals surface area contributed by atoms with Gasteiger partial charge in [0.05, 0.1) is 31.1 Å². The Morgan fingerprint density at radius 1 is 1.00 bits per heavy atom. The summed E-state index contributed by atoms with van der Waals surface area (Å²) in [6, 6.07) is 9.73. The number of rotatable bonds is 8. The van der Waals surface area contributed by atoms with E-state index < -0.39 is 0 Å². The molecule has 2 aromatic rings. The second-order valence-corrected chi connectivity index (χ2v) is 9.72. The van der Waals surface area contributed by atoms with Gasteiger partial charge in [0.2, 0.25) is 0 Å². The van der Waals surface area contributed by atoms with Crippen molar-refractivity contribution in [2.45, 2.75) is 26.4 Å². The number of benzene rings is 1. The molecule has 9 nitrogen and oxygen atoms in total. The van der Waals surface area contributed by atoms with E-state index in [0.717, 1.165) is 61.6 Å². The van der Waals surface area contributed by atoms with Crippen LogP contribution in [0.15, 0.2) is 36.5 Å². The van der Waals surface area contributed by atoms with Gasteiger partial charge < -0.3 is 28.9 Å². The number of nitrogens with zero attached hydrogens (tertiary/aromatic N) is 4.